The van der Waals surface area contributed by atoms with E-state index in [4.69, 9.17) is 19.3 Å². The summed E-state index contributed by atoms with van der Waals surface area (Å²) in [5.74, 6) is 0.242. The number of benzene rings is 2. The molecule has 4 atom stereocenters. The van der Waals surface area contributed by atoms with Gasteiger partial charge in [-0.15, -0.1) is 0 Å². The van der Waals surface area contributed by atoms with Crippen molar-refractivity contribution in [2.45, 2.75) is 57.0 Å². The maximum atomic E-state index is 11.0. The number of aliphatic hydroxyl groups is 1. The van der Waals surface area contributed by atoms with Gasteiger partial charge in [0.2, 0.25) is 0 Å². The molecule has 0 radical (unpaired) electrons. The maximum Gasteiger partial charge on any atom is 0.303 e. The number of nitrogens with zero attached hydrogens (tertiary/aromatic N) is 1. The molecule has 0 aromatic heterocycles. The molecule has 4 unspecified atom stereocenters. The number of aliphatic carboxylic acids is 1. The smallest absolute Gasteiger partial charge is 0.303 e. The second-order valence-electron chi connectivity index (χ2n) is 9.88. The summed E-state index contributed by atoms with van der Waals surface area (Å²) in [7, 11) is 1.67. The number of ether oxygens (including phenoxy) is 3. The second-order valence-corrected chi connectivity index (χ2v) is 9.88. The van der Waals surface area contributed by atoms with Crippen LogP contribution in [0, 0.1) is 5.92 Å². The molecular weight excluding hydrogens is 470 g/mol. The highest BCUT2D eigenvalue weighted by molar-refractivity contribution is 5.66. The topological polar surface area (TPSA) is 88.5 Å². The van der Waals surface area contributed by atoms with Gasteiger partial charge in [-0.3, -0.25) is 9.69 Å². The lowest BCUT2D eigenvalue weighted by atomic mass is 9.94. The Labute approximate surface area is 219 Å². The lowest BCUT2D eigenvalue weighted by Crippen LogP contribution is -2.50. The van der Waals surface area contributed by atoms with Gasteiger partial charge in [-0.05, 0) is 48.1 Å². The Morgan fingerprint density at radius 1 is 1.11 bits per heavy atom. The first-order chi connectivity index (χ1) is 18.0. The highest BCUT2D eigenvalue weighted by atomic mass is 16.5. The van der Waals surface area contributed by atoms with Crippen LogP contribution < -0.4 is 4.74 Å². The molecule has 1 heterocycles. The van der Waals surface area contributed by atoms with Gasteiger partial charge >= 0.3 is 5.97 Å². The van der Waals surface area contributed by atoms with Gasteiger partial charge in [-0.2, -0.15) is 0 Å². The van der Waals surface area contributed by atoms with Gasteiger partial charge in [0, 0.05) is 37.9 Å². The van der Waals surface area contributed by atoms with E-state index in [0.29, 0.717) is 32.7 Å². The van der Waals surface area contributed by atoms with Crippen LogP contribution in [0.3, 0.4) is 0 Å². The molecule has 0 bridgehead atoms. The molecule has 0 spiro atoms. The van der Waals surface area contributed by atoms with Crippen molar-refractivity contribution in [2.24, 2.45) is 5.92 Å². The molecule has 0 amide bonds. The van der Waals surface area contributed by atoms with Gasteiger partial charge in [0.15, 0.2) is 0 Å². The standard InChI is InChI=1S/C30H39NO6/c1-35-25-8-6-7-24(19-25)23-13-11-22(12-14-23)21-37-28-20-27(32)30(31-15-17-36-18-16-31)26(28)9-4-2-3-5-10-29(33)34/h2,4,6-8,11-14,19,26-28,30,32H,3,5,9-10,15-18,20-21H2,1H3,(H,33,34). The summed E-state index contributed by atoms with van der Waals surface area (Å²) in [4.78, 5) is 13.1. The van der Waals surface area contributed by atoms with Crippen LogP contribution >= 0.6 is 0 Å². The van der Waals surface area contributed by atoms with Crippen molar-refractivity contribution in [3.8, 4) is 16.9 Å². The average molecular weight is 510 g/mol. The number of hydrogen-bond acceptors (Lipinski definition) is 6. The number of rotatable bonds is 12. The van der Waals surface area contributed by atoms with Crippen LogP contribution in [-0.2, 0) is 20.9 Å². The first kappa shape index (κ1) is 27.3. The van der Waals surface area contributed by atoms with Crippen molar-refractivity contribution in [1.82, 2.24) is 4.90 Å². The van der Waals surface area contributed by atoms with Gasteiger partial charge in [0.05, 0.1) is 39.1 Å². The highest BCUT2D eigenvalue weighted by Crippen LogP contribution is 2.36. The van der Waals surface area contributed by atoms with E-state index in [0.717, 1.165) is 48.4 Å². The van der Waals surface area contributed by atoms with Gasteiger partial charge in [-0.25, -0.2) is 0 Å². The number of allylic oxidation sites excluding steroid dienone is 2. The third kappa shape index (κ3) is 7.65. The van der Waals surface area contributed by atoms with Crippen LogP contribution in [-0.4, -0.2) is 72.7 Å². The Bertz CT molecular complexity index is 1020. The molecule has 2 fully saturated rings. The molecule has 2 aromatic rings. The average Bonchev–Trinajstić information content (AvgIpc) is 3.24. The normalized spacial score (nSPS) is 24.5. The van der Waals surface area contributed by atoms with Crippen LogP contribution in [0.2, 0.25) is 0 Å². The number of carboxylic acids is 1. The minimum Gasteiger partial charge on any atom is -0.497 e. The lowest BCUT2D eigenvalue weighted by molar-refractivity contribution is -0.137. The fourth-order valence-electron chi connectivity index (χ4n) is 5.47. The molecule has 2 aromatic carbocycles. The number of methoxy groups -OCH3 is 1. The Morgan fingerprint density at radius 3 is 2.62 bits per heavy atom. The third-order valence-electron chi connectivity index (χ3n) is 7.41. The zero-order chi connectivity index (χ0) is 26.0. The molecule has 4 rings (SSSR count). The van der Waals surface area contributed by atoms with Crippen LogP contribution in [0.1, 0.15) is 37.7 Å². The number of carboxylic acid groups (broad SMARTS) is 1. The van der Waals surface area contributed by atoms with Gasteiger partial charge < -0.3 is 24.4 Å². The molecular formula is C30H39NO6. The molecule has 200 valence electrons. The molecule has 1 aliphatic heterocycles. The Morgan fingerprint density at radius 2 is 1.89 bits per heavy atom. The molecule has 2 aliphatic rings. The van der Waals surface area contributed by atoms with Crippen molar-refractivity contribution < 1.29 is 29.2 Å². The quantitative estimate of drug-likeness (QED) is 0.321. The van der Waals surface area contributed by atoms with Gasteiger partial charge in [0.1, 0.15) is 5.75 Å². The third-order valence-corrected chi connectivity index (χ3v) is 7.41. The lowest BCUT2D eigenvalue weighted by Gasteiger charge is -2.37. The van der Waals surface area contributed by atoms with Crippen molar-refractivity contribution >= 4 is 5.97 Å². The minimum atomic E-state index is -0.760. The van der Waals surface area contributed by atoms with Crippen LogP contribution in [0.15, 0.2) is 60.7 Å². The van der Waals surface area contributed by atoms with E-state index in [2.05, 4.69) is 47.4 Å². The molecule has 2 N–H and O–H groups in total. The van der Waals surface area contributed by atoms with Crippen LogP contribution in [0.25, 0.3) is 11.1 Å². The fraction of sp³-hybridized carbons (Fsp3) is 0.500. The van der Waals surface area contributed by atoms with E-state index in [1.807, 2.05) is 18.2 Å². The number of morpholine rings is 1. The number of carbonyl (C=O) groups is 1. The summed E-state index contributed by atoms with van der Waals surface area (Å²) in [6, 6.07) is 16.4. The largest absolute Gasteiger partial charge is 0.497 e. The molecule has 37 heavy (non-hydrogen) atoms. The fourth-order valence-corrected chi connectivity index (χ4v) is 5.47. The molecule has 7 heteroatoms. The van der Waals surface area contributed by atoms with E-state index in [1.165, 1.54) is 0 Å². The summed E-state index contributed by atoms with van der Waals surface area (Å²) in [5.41, 5.74) is 3.32. The number of unbranched alkanes of at least 4 members (excludes halogenated alkanes) is 1. The zero-order valence-corrected chi connectivity index (χ0v) is 21.6. The summed E-state index contributed by atoms with van der Waals surface area (Å²) in [6.45, 7) is 3.50. The van der Waals surface area contributed by atoms with E-state index >= 15 is 0 Å². The van der Waals surface area contributed by atoms with E-state index in [-0.39, 0.29) is 24.5 Å². The molecule has 1 aliphatic carbocycles. The number of aliphatic hydroxyl groups excluding tert-OH is 1. The Balaban J connectivity index is 1.39. The first-order valence-corrected chi connectivity index (χ1v) is 13.3. The van der Waals surface area contributed by atoms with E-state index in [9.17, 15) is 9.90 Å². The van der Waals surface area contributed by atoms with Crippen molar-refractivity contribution in [3.05, 3.63) is 66.2 Å². The molecule has 1 saturated heterocycles. The minimum absolute atomic E-state index is 0.0352. The van der Waals surface area contributed by atoms with Crippen LogP contribution in [0.4, 0.5) is 0 Å². The summed E-state index contributed by atoms with van der Waals surface area (Å²) in [6.07, 6.45) is 6.69. The predicted octanol–water partition coefficient (Wildman–Crippen LogP) is 4.53. The van der Waals surface area contributed by atoms with E-state index in [1.54, 1.807) is 7.11 Å². The van der Waals surface area contributed by atoms with Crippen molar-refractivity contribution in [3.63, 3.8) is 0 Å². The highest BCUT2D eigenvalue weighted by Gasteiger charge is 2.45. The Hall–Kier alpha value is -2.71. The maximum absolute atomic E-state index is 11.0. The molecule has 1 saturated carbocycles. The first-order valence-electron chi connectivity index (χ1n) is 13.3. The monoisotopic (exact) mass is 509 g/mol. The number of hydrogen-bond donors (Lipinski definition) is 2. The van der Waals surface area contributed by atoms with Gasteiger partial charge in [-0.1, -0.05) is 48.6 Å². The zero-order valence-electron chi connectivity index (χ0n) is 21.6. The van der Waals surface area contributed by atoms with Crippen molar-refractivity contribution in [1.29, 1.82) is 0 Å². The summed E-state index contributed by atoms with van der Waals surface area (Å²) in [5, 5.41) is 19.9. The Kier molecular flexibility index (Phi) is 10.1. The SMILES string of the molecule is COc1cccc(-c2ccc(COC3CC(O)C(N4CCOCC4)C3CC=CCCCC(=O)O)cc2)c1. The molecule has 7 nitrogen and oxygen atoms in total. The van der Waals surface area contributed by atoms with Gasteiger partial charge in [0.25, 0.3) is 0 Å². The van der Waals surface area contributed by atoms with E-state index < -0.39 is 12.1 Å². The van der Waals surface area contributed by atoms with Crippen LogP contribution in [0.5, 0.6) is 5.75 Å². The summed E-state index contributed by atoms with van der Waals surface area (Å²) >= 11 is 0. The van der Waals surface area contributed by atoms with Crippen molar-refractivity contribution in [2.75, 3.05) is 33.4 Å². The summed E-state index contributed by atoms with van der Waals surface area (Å²) < 4.78 is 17.3. The second kappa shape index (κ2) is 13.7. The predicted molar refractivity (Wildman–Crippen MR) is 143 cm³/mol.